The Morgan fingerprint density at radius 1 is 1.40 bits per heavy atom. The first-order chi connectivity index (χ1) is 9.48. The summed E-state index contributed by atoms with van der Waals surface area (Å²) in [5, 5.41) is 0. The van der Waals surface area contributed by atoms with Crippen molar-refractivity contribution in [1.29, 1.82) is 0 Å². The highest BCUT2D eigenvalue weighted by Gasteiger charge is 2.42. The number of fused-ring (bicyclic) bond motifs is 2. The highest BCUT2D eigenvalue weighted by molar-refractivity contribution is 5.69. The van der Waals surface area contributed by atoms with Crippen LogP contribution in [0.15, 0.2) is 12.1 Å². The van der Waals surface area contributed by atoms with Crippen molar-refractivity contribution in [3.63, 3.8) is 0 Å². The van der Waals surface area contributed by atoms with Gasteiger partial charge < -0.3 is 9.47 Å². The van der Waals surface area contributed by atoms with Crippen molar-refractivity contribution >= 4 is 5.97 Å². The molecule has 0 unspecified atom stereocenters. The summed E-state index contributed by atoms with van der Waals surface area (Å²) in [5.74, 6) is 1.82. The van der Waals surface area contributed by atoms with E-state index in [9.17, 15) is 4.79 Å². The van der Waals surface area contributed by atoms with Crippen LogP contribution in [-0.2, 0) is 11.2 Å². The fourth-order valence-corrected chi connectivity index (χ4v) is 3.66. The van der Waals surface area contributed by atoms with Crippen LogP contribution < -0.4 is 9.47 Å². The third kappa shape index (κ3) is 2.30. The van der Waals surface area contributed by atoms with Crippen LogP contribution in [0.5, 0.6) is 11.5 Å². The van der Waals surface area contributed by atoms with Crippen LogP contribution in [0.1, 0.15) is 50.7 Å². The van der Waals surface area contributed by atoms with Gasteiger partial charge in [0.2, 0.25) is 0 Å². The van der Waals surface area contributed by atoms with Gasteiger partial charge in [-0.1, -0.05) is 6.42 Å². The Bertz CT molecular complexity index is 549. The molecular weight excluding hydrogens is 252 g/mol. The zero-order chi connectivity index (χ0) is 14.3. The summed E-state index contributed by atoms with van der Waals surface area (Å²) in [7, 11) is 0. The largest absolute Gasteiger partial charge is 0.487 e. The summed E-state index contributed by atoms with van der Waals surface area (Å²) in [4.78, 5) is 11.1. The van der Waals surface area contributed by atoms with Crippen LogP contribution in [0.3, 0.4) is 0 Å². The Morgan fingerprint density at radius 3 is 2.95 bits per heavy atom. The second kappa shape index (κ2) is 4.80. The average molecular weight is 274 g/mol. The van der Waals surface area contributed by atoms with E-state index in [2.05, 4.69) is 13.8 Å². The van der Waals surface area contributed by atoms with Gasteiger partial charge in [0, 0.05) is 18.9 Å². The topological polar surface area (TPSA) is 35.5 Å². The number of aryl methyl sites for hydroxylation is 1. The molecule has 20 heavy (non-hydrogen) atoms. The summed E-state index contributed by atoms with van der Waals surface area (Å²) in [6.07, 6.45) is 6.00. The van der Waals surface area contributed by atoms with Crippen molar-refractivity contribution in [1.82, 2.24) is 0 Å². The van der Waals surface area contributed by atoms with Gasteiger partial charge in [-0.25, -0.2) is 0 Å². The molecule has 108 valence electrons. The normalized spacial score (nSPS) is 28.1. The van der Waals surface area contributed by atoms with Crippen LogP contribution in [0.25, 0.3) is 0 Å². The molecule has 0 bridgehead atoms. The lowest BCUT2D eigenvalue weighted by atomic mass is 9.71. The molecule has 1 fully saturated rings. The SMILES string of the molecule is CC(=O)Oc1cc(C)c2c(c1)O[C@@]1(C)CCCC[C@H]1C2. The summed E-state index contributed by atoms with van der Waals surface area (Å²) < 4.78 is 11.5. The first kappa shape index (κ1) is 13.5. The number of benzene rings is 1. The van der Waals surface area contributed by atoms with E-state index in [1.807, 2.05) is 12.1 Å². The second-order valence-corrected chi connectivity index (χ2v) is 6.37. The van der Waals surface area contributed by atoms with Gasteiger partial charge in [0.1, 0.15) is 17.1 Å². The Balaban J connectivity index is 1.97. The molecule has 0 radical (unpaired) electrons. The Morgan fingerprint density at radius 2 is 2.20 bits per heavy atom. The molecule has 0 aromatic heterocycles. The minimum absolute atomic E-state index is 0.0491. The molecule has 0 saturated heterocycles. The molecule has 2 aliphatic rings. The number of hydrogen-bond donors (Lipinski definition) is 0. The molecule has 1 aliphatic carbocycles. The lowest BCUT2D eigenvalue weighted by Crippen LogP contribution is -2.47. The first-order valence-electron chi connectivity index (χ1n) is 7.49. The van der Waals surface area contributed by atoms with E-state index in [4.69, 9.17) is 9.47 Å². The molecule has 0 amide bonds. The molecule has 1 aliphatic heterocycles. The monoisotopic (exact) mass is 274 g/mol. The summed E-state index contributed by atoms with van der Waals surface area (Å²) in [6, 6.07) is 3.81. The average Bonchev–Trinajstić information content (AvgIpc) is 2.35. The fourth-order valence-electron chi connectivity index (χ4n) is 3.66. The van der Waals surface area contributed by atoms with Crippen LogP contribution >= 0.6 is 0 Å². The molecule has 1 aromatic rings. The maximum Gasteiger partial charge on any atom is 0.308 e. The smallest absolute Gasteiger partial charge is 0.308 e. The molecule has 0 spiro atoms. The van der Waals surface area contributed by atoms with Gasteiger partial charge in [0.05, 0.1) is 0 Å². The van der Waals surface area contributed by atoms with Gasteiger partial charge in [0.15, 0.2) is 0 Å². The Kier molecular flexibility index (Phi) is 3.23. The van der Waals surface area contributed by atoms with Crippen molar-refractivity contribution in [2.45, 2.75) is 58.5 Å². The predicted molar refractivity (Wildman–Crippen MR) is 77.2 cm³/mol. The second-order valence-electron chi connectivity index (χ2n) is 6.37. The van der Waals surface area contributed by atoms with Crippen LogP contribution in [0.2, 0.25) is 0 Å². The minimum atomic E-state index is -0.290. The highest BCUT2D eigenvalue weighted by atomic mass is 16.5. The van der Waals surface area contributed by atoms with E-state index in [-0.39, 0.29) is 11.6 Å². The van der Waals surface area contributed by atoms with E-state index in [1.54, 1.807) is 0 Å². The molecule has 1 aromatic carbocycles. The maximum absolute atomic E-state index is 11.1. The van der Waals surface area contributed by atoms with E-state index >= 15 is 0 Å². The fraction of sp³-hybridized carbons (Fsp3) is 0.588. The maximum atomic E-state index is 11.1. The van der Waals surface area contributed by atoms with Crippen molar-refractivity contribution in [2.75, 3.05) is 0 Å². The molecule has 3 rings (SSSR count). The van der Waals surface area contributed by atoms with Crippen molar-refractivity contribution in [3.8, 4) is 11.5 Å². The summed E-state index contributed by atoms with van der Waals surface area (Å²) in [5.41, 5.74) is 2.39. The van der Waals surface area contributed by atoms with E-state index < -0.39 is 0 Å². The van der Waals surface area contributed by atoms with Crippen LogP contribution in [0, 0.1) is 12.8 Å². The predicted octanol–water partition coefficient (Wildman–Crippen LogP) is 3.80. The minimum Gasteiger partial charge on any atom is -0.487 e. The number of ether oxygens (including phenoxy) is 2. The van der Waals surface area contributed by atoms with Gasteiger partial charge in [-0.15, -0.1) is 0 Å². The van der Waals surface area contributed by atoms with Crippen molar-refractivity contribution in [2.24, 2.45) is 5.92 Å². The Labute approximate surface area is 120 Å². The van der Waals surface area contributed by atoms with Crippen LogP contribution in [-0.4, -0.2) is 11.6 Å². The molecule has 0 N–H and O–H groups in total. The summed E-state index contributed by atoms with van der Waals surface area (Å²) >= 11 is 0. The molecule has 1 saturated carbocycles. The first-order valence-corrected chi connectivity index (χ1v) is 7.49. The number of rotatable bonds is 1. The lowest BCUT2D eigenvalue weighted by molar-refractivity contribution is -0.131. The van der Waals surface area contributed by atoms with Crippen LogP contribution in [0.4, 0.5) is 0 Å². The zero-order valence-corrected chi connectivity index (χ0v) is 12.5. The molecule has 3 nitrogen and oxygen atoms in total. The van der Waals surface area contributed by atoms with Gasteiger partial charge in [-0.05, 0) is 56.7 Å². The van der Waals surface area contributed by atoms with E-state index in [0.29, 0.717) is 11.7 Å². The van der Waals surface area contributed by atoms with E-state index in [0.717, 1.165) is 24.2 Å². The third-order valence-electron chi connectivity index (χ3n) is 4.80. The zero-order valence-electron chi connectivity index (χ0n) is 12.5. The molecular formula is C17H22O3. The molecule has 2 atom stereocenters. The molecule has 1 heterocycles. The number of esters is 1. The van der Waals surface area contributed by atoms with Gasteiger partial charge in [-0.3, -0.25) is 4.79 Å². The number of hydrogen-bond acceptors (Lipinski definition) is 3. The number of carbonyl (C=O) groups is 1. The number of carbonyl (C=O) groups excluding carboxylic acids is 1. The lowest BCUT2D eigenvalue weighted by Gasteiger charge is -2.46. The molecule has 3 heteroatoms. The quantitative estimate of drug-likeness (QED) is 0.577. The van der Waals surface area contributed by atoms with Gasteiger partial charge in [-0.2, -0.15) is 0 Å². The standard InChI is InChI=1S/C17H22O3/c1-11-8-14(19-12(2)18)10-16-15(11)9-13-6-4-5-7-17(13,3)20-16/h8,10,13H,4-7,9H2,1-3H3/t13-,17-/m0/s1. The third-order valence-corrected chi connectivity index (χ3v) is 4.80. The van der Waals surface area contributed by atoms with Crippen molar-refractivity contribution in [3.05, 3.63) is 23.3 Å². The van der Waals surface area contributed by atoms with Gasteiger partial charge >= 0.3 is 5.97 Å². The van der Waals surface area contributed by atoms with E-state index in [1.165, 1.54) is 31.7 Å². The van der Waals surface area contributed by atoms with Gasteiger partial charge in [0.25, 0.3) is 0 Å². The van der Waals surface area contributed by atoms with Crippen molar-refractivity contribution < 1.29 is 14.3 Å². The highest BCUT2D eigenvalue weighted by Crippen LogP contribution is 2.46. The summed E-state index contributed by atoms with van der Waals surface area (Å²) in [6.45, 7) is 5.72. The Hall–Kier alpha value is -1.51.